The standard InChI is InChI=1S/C15H20N4O2/c1-9-6-7-11(21-5)10(8-9)16-14-17-13(20)12(18-19-14)15(2,3)4/h6-8H,1-5H3,(H2,16,17,19,20). The van der Waals surface area contributed by atoms with Crippen LogP contribution in [0.25, 0.3) is 0 Å². The Labute approximate surface area is 123 Å². The maximum atomic E-state index is 12.1. The zero-order chi connectivity index (χ0) is 15.6. The Hall–Kier alpha value is -2.37. The summed E-state index contributed by atoms with van der Waals surface area (Å²) in [6.07, 6.45) is 0. The third-order valence-electron chi connectivity index (χ3n) is 3.02. The maximum absolute atomic E-state index is 12.1. The fraction of sp³-hybridized carbons (Fsp3) is 0.400. The summed E-state index contributed by atoms with van der Waals surface area (Å²) in [4.78, 5) is 14.8. The van der Waals surface area contributed by atoms with Gasteiger partial charge in [-0.1, -0.05) is 26.8 Å². The molecule has 0 atom stereocenters. The molecule has 6 heteroatoms. The number of nitrogens with one attached hydrogen (secondary N) is 2. The number of H-pyrrole nitrogens is 1. The van der Waals surface area contributed by atoms with Crippen molar-refractivity contribution in [3.8, 4) is 5.75 Å². The number of nitrogens with zero attached hydrogens (tertiary/aromatic N) is 2. The van der Waals surface area contributed by atoms with Gasteiger partial charge in [-0.05, 0) is 24.6 Å². The van der Waals surface area contributed by atoms with Crippen molar-refractivity contribution in [1.29, 1.82) is 0 Å². The Bertz CT molecular complexity index is 702. The molecule has 0 saturated carbocycles. The summed E-state index contributed by atoms with van der Waals surface area (Å²) in [6, 6.07) is 5.71. The highest BCUT2D eigenvalue weighted by molar-refractivity contribution is 5.63. The van der Waals surface area contributed by atoms with Gasteiger partial charge in [0.25, 0.3) is 5.56 Å². The first-order valence-electron chi connectivity index (χ1n) is 6.70. The second kappa shape index (κ2) is 5.55. The maximum Gasteiger partial charge on any atom is 0.274 e. The molecule has 1 heterocycles. The first-order chi connectivity index (χ1) is 9.81. The van der Waals surface area contributed by atoms with Crippen LogP contribution in [-0.4, -0.2) is 22.3 Å². The predicted molar refractivity (Wildman–Crippen MR) is 82.4 cm³/mol. The van der Waals surface area contributed by atoms with Crippen LogP contribution in [0, 0.1) is 6.92 Å². The van der Waals surface area contributed by atoms with Crippen molar-refractivity contribution in [2.75, 3.05) is 12.4 Å². The number of aryl methyl sites for hydroxylation is 1. The Morgan fingerprint density at radius 1 is 1.24 bits per heavy atom. The molecule has 6 nitrogen and oxygen atoms in total. The molecule has 1 aromatic carbocycles. The molecule has 0 spiro atoms. The molecule has 0 aliphatic heterocycles. The van der Waals surface area contributed by atoms with E-state index in [0.29, 0.717) is 11.4 Å². The van der Waals surface area contributed by atoms with Crippen LogP contribution < -0.4 is 15.6 Å². The predicted octanol–water partition coefficient (Wildman–Crippen LogP) is 2.52. The molecule has 0 saturated heterocycles. The van der Waals surface area contributed by atoms with Gasteiger partial charge in [-0.15, -0.1) is 10.2 Å². The molecular formula is C15H20N4O2. The normalized spacial score (nSPS) is 11.3. The lowest BCUT2D eigenvalue weighted by Crippen LogP contribution is -2.28. The molecule has 112 valence electrons. The van der Waals surface area contributed by atoms with Gasteiger partial charge in [0, 0.05) is 5.41 Å². The van der Waals surface area contributed by atoms with Gasteiger partial charge in [0.1, 0.15) is 11.4 Å². The molecule has 21 heavy (non-hydrogen) atoms. The lowest BCUT2D eigenvalue weighted by atomic mass is 9.93. The molecule has 1 aromatic heterocycles. The minimum absolute atomic E-state index is 0.244. The highest BCUT2D eigenvalue weighted by atomic mass is 16.5. The van der Waals surface area contributed by atoms with Crippen LogP contribution in [0.1, 0.15) is 32.0 Å². The minimum atomic E-state index is -0.347. The van der Waals surface area contributed by atoms with Crippen molar-refractivity contribution < 1.29 is 4.74 Å². The number of aromatic amines is 1. The van der Waals surface area contributed by atoms with E-state index < -0.39 is 0 Å². The van der Waals surface area contributed by atoms with Gasteiger partial charge in [-0.25, -0.2) is 0 Å². The number of ether oxygens (including phenoxy) is 1. The topological polar surface area (TPSA) is 79.9 Å². The molecule has 0 aliphatic rings. The van der Waals surface area contributed by atoms with Gasteiger partial charge in [-0.3, -0.25) is 9.78 Å². The Balaban J connectivity index is 2.35. The van der Waals surface area contributed by atoms with Gasteiger partial charge in [0.2, 0.25) is 5.95 Å². The van der Waals surface area contributed by atoms with Gasteiger partial charge < -0.3 is 10.1 Å². The van der Waals surface area contributed by atoms with E-state index in [1.54, 1.807) is 7.11 Å². The summed E-state index contributed by atoms with van der Waals surface area (Å²) in [7, 11) is 1.59. The molecular weight excluding hydrogens is 268 g/mol. The molecule has 0 bridgehead atoms. The van der Waals surface area contributed by atoms with E-state index in [0.717, 1.165) is 11.3 Å². The van der Waals surface area contributed by atoms with Crippen LogP contribution in [0.5, 0.6) is 5.75 Å². The number of methoxy groups -OCH3 is 1. The molecule has 0 unspecified atom stereocenters. The molecule has 0 fully saturated rings. The quantitative estimate of drug-likeness (QED) is 0.907. The summed E-state index contributed by atoms with van der Waals surface area (Å²) < 4.78 is 5.28. The number of rotatable bonds is 3. The third-order valence-corrected chi connectivity index (χ3v) is 3.02. The third kappa shape index (κ3) is 3.39. The number of hydrogen-bond donors (Lipinski definition) is 2. The van der Waals surface area contributed by atoms with Crippen LogP contribution in [0.15, 0.2) is 23.0 Å². The van der Waals surface area contributed by atoms with Gasteiger partial charge >= 0.3 is 0 Å². The smallest absolute Gasteiger partial charge is 0.274 e. The molecule has 0 radical (unpaired) electrons. The lowest BCUT2D eigenvalue weighted by Gasteiger charge is -2.16. The first kappa shape index (κ1) is 15.0. The second-order valence-electron chi connectivity index (χ2n) is 5.93. The average Bonchev–Trinajstić information content (AvgIpc) is 2.37. The summed E-state index contributed by atoms with van der Waals surface area (Å²) in [5.41, 5.74) is 1.61. The second-order valence-corrected chi connectivity index (χ2v) is 5.93. The van der Waals surface area contributed by atoms with E-state index in [9.17, 15) is 4.79 Å². The van der Waals surface area contributed by atoms with E-state index in [-0.39, 0.29) is 16.9 Å². The Morgan fingerprint density at radius 3 is 2.52 bits per heavy atom. The summed E-state index contributed by atoms with van der Waals surface area (Å²) >= 11 is 0. The van der Waals surface area contributed by atoms with E-state index >= 15 is 0 Å². The SMILES string of the molecule is COc1ccc(C)cc1Nc1nnc(C(C)(C)C)c(=O)[nH]1. The van der Waals surface area contributed by atoms with Gasteiger partial charge in [0.15, 0.2) is 0 Å². The van der Waals surface area contributed by atoms with Crippen LogP contribution >= 0.6 is 0 Å². The fourth-order valence-corrected chi connectivity index (χ4v) is 1.93. The van der Waals surface area contributed by atoms with Crippen LogP contribution in [-0.2, 0) is 5.41 Å². The van der Waals surface area contributed by atoms with Crippen molar-refractivity contribution >= 4 is 11.6 Å². The van der Waals surface area contributed by atoms with Crippen molar-refractivity contribution in [1.82, 2.24) is 15.2 Å². The largest absolute Gasteiger partial charge is 0.495 e. The highest BCUT2D eigenvalue weighted by Crippen LogP contribution is 2.27. The number of aromatic nitrogens is 3. The molecule has 2 N–H and O–H groups in total. The number of hydrogen-bond acceptors (Lipinski definition) is 5. The monoisotopic (exact) mass is 288 g/mol. The van der Waals surface area contributed by atoms with Crippen molar-refractivity contribution in [3.63, 3.8) is 0 Å². The Kier molecular flexibility index (Phi) is 3.97. The minimum Gasteiger partial charge on any atom is -0.495 e. The van der Waals surface area contributed by atoms with E-state index in [4.69, 9.17) is 4.74 Å². The van der Waals surface area contributed by atoms with Crippen molar-refractivity contribution in [3.05, 3.63) is 39.8 Å². The van der Waals surface area contributed by atoms with Crippen molar-refractivity contribution in [2.24, 2.45) is 0 Å². The number of anilines is 2. The lowest BCUT2D eigenvalue weighted by molar-refractivity contribution is 0.416. The van der Waals surface area contributed by atoms with E-state index in [1.807, 2.05) is 45.9 Å². The summed E-state index contributed by atoms with van der Waals surface area (Å²) in [5, 5.41) is 11.1. The van der Waals surface area contributed by atoms with Gasteiger partial charge in [-0.2, -0.15) is 0 Å². The van der Waals surface area contributed by atoms with E-state index in [1.165, 1.54) is 0 Å². The van der Waals surface area contributed by atoms with Crippen LogP contribution in [0.2, 0.25) is 0 Å². The molecule has 0 amide bonds. The Morgan fingerprint density at radius 2 is 1.95 bits per heavy atom. The molecule has 2 aromatic rings. The summed E-state index contributed by atoms with van der Waals surface area (Å²) in [5.74, 6) is 0.958. The van der Waals surface area contributed by atoms with Crippen LogP contribution in [0.3, 0.4) is 0 Å². The highest BCUT2D eigenvalue weighted by Gasteiger charge is 2.20. The van der Waals surface area contributed by atoms with Crippen LogP contribution in [0.4, 0.5) is 11.6 Å². The number of benzene rings is 1. The fourth-order valence-electron chi connectivity index (χ4n) is 1.93. The zero-order valence-electron chi connectivity index (χ0n) is 12.9. The van der Waals surface area contributed by atoms with E-state index in [2.05, 4.69) is 20.5 Å². The van der Waals surface area contributed by atoms with Gasteiger partial charge in [0.05, 0.1) is 12.8 Å². The average molecular weight is 288 g/mol. The summed E-state index contributed by atoms with van der Waals surface area (Å²) in [6.45, 7) is 7.73. The van der Waals surface area contributed by atoms with Crippen molar-refractivity contribution in [2.45, 2.75) is 33.1 Å². The first-order valence-corrected chi connectivity index (χ1v) is 6.70. The molecule has 2 rings (SSSR count). The zero-order valence-corrected chi connectivity index (χ0v) is 12.9. The molecule has 0 aliphatic carbocycles.